The van der Waals surface area contributed by atoms with E-state index in [0.29, 0.717) is 15.7 Å². The van der Waals surface area contributed by atoms with Crippen LogP contribution >= 0.6 is 35.4 Å². The van der Waals surface area contributed by atoms with Crippen molar-refractivity contribution in [1.29, 1.82) is 0 Å². The fourth-order valence-electron chi connectivity index (χ4n) is 2.00. The molecule has 7 nitrogen and oxygen atoms in total. The van der Waals surface area contributed by atoms with E-state index >= 15 is 0 Å². The number of hydrogen-bond donors (Lipinski definition) is 2. The standard InChI is InChI=1S/C16H13Cl2N3O4S/c1-2-25-14-6-3-9(7-13(14)21(23)24)15(22)20-16(26)19-12-8-10(17)4-5-11(12)18/h3-8H,2H2,1H3,(H2,19,20,22,26). The third-order valence-electron chi connectivity index (χ3n) is 3.12. The van der Waals surface area contributed by atoms with Crippen LogP contribution < -0.4 is 15.4 Å². The Labute approximate surface area is 164 Å². The Morgan fingerprint density at radius 3 is 2.65 bits per heavy atom. The van der Waals surface area contributed by atoms with Gasteiger partial charge in [0.25, 0.3) is 5.91 Å². The Hall–Kier alpha value is -2.42. The number of carbonyl (C=O) groups excluding carboxylic acids is 1. The minimum Gasteiger partial charge on any atom is -0.487 e. The fraction of sp³-hybridized carbons (Fsp3) is 0.125. The summed E-state index contributed by atoms with van der Waals surface area (Å²) in [5, 5.41) is 17.1. The van der Waals surface area contributed by atoms with Crippen LogP contribution in [-0.4, -0.2) is 22.5 Å². The van der Waals surface area contributed by atoms with Crippen molar-refractivity contribution in [2.75, 3.05) is 11.9 Å². The van der Waals surface area contributed by atoms with Crippen molar-refractivity contribution in [1.82, 2.24) is 5.32 Å². The lowest BCUT2D eigenvalue weighted by Crippen LogP contribution is -2.34. The number of ether oxygens (including phenoxy) is 1. The number of halogens is 2. The lowest BCUT2D eigenvalue weighted by Gasteiger charge is -2.11. The highest BCUT2D eigenvalue weighted by atomic mass is 35.5. The van der Waals surface area contributed by atoms with Gasteiger partial charge in [0.05, 0.1) is 22.2 Å². The van der Waals surface area contributed by atoms with Crippen LogP contribution in [-0.2, 0) is 0 Å². The molecule has 2 aromatic carbocycles. The van der Waals surface area contributed by atoms with Crippen LogP contribution in [0.4, 0.5) is 11.4 Å². The third-order valence-corrected chi connectivity index (χ3v) is 3.89. The summed E-state index contributed by atoms with van der Waals surface area (Å²) in [6.07, 6.45) is 0. The van der Waals surface area contributed by atoms with Gasteiger partial charge in [-0.05, 0) is 49.5 Å². The highest BCUT2D eigenvalue weighted by Crippen LogP contribution is 2.28. The first-order valence-electron chi connectivity index (χ1n) is 7.30. The number of nitro groups is 1. The molecule has 0 spiro atoms. The van der Waals surface area contributed by atoms with Crippen LogP contribution in [0.5, 0.6) is 5.75 Å². The second-order valence-corrected chi connectivity index (χ2v) is 6.16. The molecule has 0 aromatic heterocycles. The Balaban J connectivity index is 2.14. The number of nitrogens with zero attached hydrogens (tertiary/aromatic N) is 1. The lowest BCUT2D eigenvalue weighted by atomic mass is 10.1. The van der Waals surface area contributed by atoms with Crippen molar-refractivity contribution in [3.05, 3.63) is 62.1 Å². The first-order chi connectivity index (χ1) is 12.3. The molecule has 0 unspecified atom stereocenters. The summed E-state index contributed by atoms with van der Waals surface area (Å²) in [6, 6.07) is 8.62. The van der Waals surface area contributed by atoms with Gasteiger partial charge in [-0.15, -0.1) is 0 Å². The molecule has 0 aliphatic heterocycles. The van der Waals surface area contributed by atoms with Gasteiger partial charge in [0, 0.05) is 16.7 Å². The monoisotopic (exact) mass is 413 g/mol. The Morgan fingerprint density at radius 1 is 1.27 bits per heavy atom. The Morgan fingerprint density at radius 2 is 2.00 bits per heavy atom. The number of nitrogens with one attached hydrogen (secondary N) is 2. The zero-order valence-electron chi connectivity index (χ0n) is 13.4. The maximum absolute atomic E-state index is 12.3. The van der Waals surface area contributed by atoms with Crippen molar-refractivity contribution in [3.8, 4) is 5.75 Å². The normalized spacial score (nSPS) is 10.1. The van der Waals surface area contributed by atoms with E-state index in [1.54, 1.807) is 25.1 Å². The molecule has 2 rings (SSSR count). The highest BCUT2D eigenvalue weighted by Gasteiger charge is 2.19. The third kappa shape index (κ3) is 5.04. The van der Waals surface area contributed by atoms with E-state index in [9.17, 15) is 14.9 Å². The zero-order chi connectivity index (χ0) is 19.3. The molecule has 1 amide bonds. The average Bonchev–Trinajstić information content (AvgIpc) is 2.58. The minimum atomic E-state index is -0.621. The predicted molar refractivity (Wildman–Crippen MR) is 104 cm³/mol. The number of rotatable bonds is 5. The van der Waals surface area contributed by atoms with E-state index in [-0.39, 0.29) is 28.7 Å². The Kier molecular flexibility index (Phi) is 6.73. The van der Waals surface area contributed by atoms with Crippen molar-refractivity contribution in [3.63, 3.8) is 0 Å². The summed E-state index contributed by atoms with van der Waals surface area (Å²) < 4.78 is 5.18. The smallest absolute Gasteiger partial charge is 0.311 e. The van der Waals surface area contributed by atoms with Crippen LogP contribution in [0.3, 0.4) is 0 Å². The van der Waals surface area contributed by atoms with Gasteiger partial charge in [-0.3, -0.25) is 20.2 Å². The molecule has 26 heavy (non-hydrogen) atoms. The molecule has 136 valence electrons. The number of amides is 1. The molecule has 10 heteroatoms. The second-order valence-electron chi connectivity index (χ2n) is 4.91. The average molecular weight is 414 g/mol. The van der Waals surface area contributed by atoms with Crippen molar-refractivity contribution in [2.24, 2.45) is 0 Å². The second kappa shape index (κ2) is 8.79. The van der Waals surface area contributed by atoms with Gasteiger partial charge in [0.15, 0.2) is 10.9 Å². The van der Waals surface area contributed by atoms with Gasteiger partial charge in [0.2, 0.25) is 0 Å². The number of anilines is 1. The summed E-state index contributed by atoms with van der Waals surface area (Å²) in [5.41, 5.74) is 0.167. The largest absolute Gasteiger partial charge is 0.487 e. The molecule has 0 fully saturated rings. The number of nitro benzene ring substituents is 1. The molecule has 2 aromatic rings. The topological polar surface area (TPSA) is 93.5 Å². The summed E-state index contributed by atoms with van der Waals surface area (Å²) in [7, 11) is 0. The van der Waals surface area contributed by atoms with Gasteiger partial charge in [0.1, 0.15) is 0 Å². The Bertz CT molecular complexity index is 877. The number of hydrogen-bond acceptors (Lipinski definition) is 5. The minimum absolute atomic E-state index is 0.0318. The van der Waals surface area contributed by atoms with E-state index in [4.69, 9.17) is 40.2 Å². The molecule has 0 bridgehead atoms. The SMILES string of the molecule is CCOc1ccc(C(=O)NC(=S)Nc2cc(Cl)ccc2Cl)cc1[N+](=O)[O-]. The maximum atomic E-state index is 12.3. The highest BCUT2D eigenvalue weighted by molar-refractivity contribution is 7.80. The lowest BCUT2D eigenvalue weighted by molar-refractivity contribution is -0.385. The fourth-order valence-corrected chi connectivity index (χ4v) is 2.54. The number of thiocarbonyl (C=S) groups is 1. The molecule has 0 radical (unpaired) electrons. The van der Waals surface area contributed by atoms with Crippen LogP contribution in [0.2, 0.25) is 10.0 Å². The van der Waals surface area contributed by atoms with Gasteiger partial charge < -0.3 is 10.1 Å². The van der Waals surface area contributed by atoms with Crippen LogP contribution in [0.25, 0.3) is 0 Å². The summed E-state index contributed by atoms with van der Waals surface area (Å²) in [4.78, 5) is 22.8. The van der Waals surface area contributed by atoms with Crippen molar-refractivity contribution >= 4 is 57.8 Å². The van der Waals surface area contributed by atoms with Crippen LogP contribution in [0, 0.1) is 10.1 Å². The first kappa shape index (κ1) is 19.9. The maximum Gasteiger partial charge on any atom is 0.311 e. The molecule has 0 aliphatic rings. The quantitative estimate of drug-likeness (QED) is 0.427. The van der Waals surface area contributed by atoms with Crippen molar-refractivity contribution in [2.45, 2.75) is 6.92 Å². The molecule has 0 heterocycles. The van der Waals surface area contributed by atoms with E-state index in [1.807, 2.05) is 0 Å². The van der Waals surface area contributed by atoms with Crippen LogP contribution in [0.15, 0.2) is 36.4 Å². The molecular weight excluding hydrogens is 401 g/mol. The predicted octanol–water partition coefficient (Wildman–Crippen LogP) is 4.43. The summed E-state index contributed by atoms with van der Waals surface area (Å²) in [5.74, 6) is -0.535. The zero-order valence-corrected chi connectivity index (χ0v) is 15.7. The van der Waals surface area contributed by atoms with E-state index in [2.05, 4.69) is 10.6 Å². The molecule has 0 aliphatic carbocycles. The van der Waals surface area contributed by atoms with Gasteiger partial charge in [-0.1, -0.05) is 23.2 Å². The molecule has 0 saturated carbocycles. The molecule has 0 atom stereocenters. The van der Waals surface area contributed by atoms with Crippen molar-refractivity contribution < 1.29 is 14.5 Å². The van der Waals surface area contributed by atoms with E-state index in [1.165, 1.54) is 12.1 Å². The summed E-state index contributed by atoms with van der Waals surface area (Å²) in [6.45, 7) is 1.97. The first-order valence-corrected chi connectivity index (χ1v) is 8.47. The molecule has 2 N–H and O–H groups in total. The van der Waals surface area contributed by atoms with Crippen LogP contribution in [0.1, 0.15) is 17.3 Å². The summed E-state index contributed by atoms with van der Waals surface area (Å²) >= 11 is 17.0. The number of carbonyl (C=O) groups is 1. The van der Waals surface area contributed by atoms with Gasteiger partial charge >= 0.3 is 5.69 Å². The molecule has 0 saturated heterocycles. The van der Waals surface area contributed by atoms with E-state index in [0.717, 1.165) is 6.07 Å². The number of benzene rings is 2. The van der Waals surface area contributed by atoms with Gasteiger partial charge in [-0.2, -0.15) is 0 Å². The van der Waals surface area contributed by atoms with Gasteiger partial charge in [-0.25, -0.2) is 0 Å². The van der Waals surface area contributed by atoms with E-state index < -0.39 is 10.8 Å². The molecular formula is C16H13Cl2N3O4S.